The highest BCUT2D eigenvalue weighted by molar-refractivity contribution is 5.76. The standard InChI is InChI=1S/C53H97NO5/c1-3-5-7-9-11-13-15-17-22-25-29-33-37-41-45-51(56)50(49-55)54-52(57)46-42-38-34-30-26-23-19-18-20-24-28-32-36-40-44-48-59-53(58)47-43-39-35-31-27-21-16-14-12-10-8-6-4-2/h8,10,14,16,18,20,24,28,50-51,55-56H,3-7,9,11-13,15,17,19,21-23,25-27,29-49H2,1-2H3,(H,54,57)/b10-8-,16-14-,20-18-,28-24-. The molecule has 0 spiro atoms. The van der Waals surface area contributed by atoms with Crippen LogP contribution in [0.2, 0.25) is 0 Å². The van der Waals surface area contributed by atoms with E-state index in [-0.39, 0.29) is 18.5 Å². The van der Waals surface area contributed by atoms with Crippen molar-refractivity contribution in [3.8, 4) is 0 Å². The Labute approximate surface area is 366 Å². The summed E-state index contributed by atoms with van der Waals surface area (Å²) in [6, 6.07) is -0.559. The van der Waals surface area contributed by atoms with Crippen LogP contribution in [-0.4, -0.2) is 47.4 Å². The van der Waals surface area contributed by atoms with Gasteiger partial charge in [-0.15, -0.1) is 0 Å². The second kappa shape index (κ2) is 48.5. The quantitative estimate of drug-likeness (QED) is 0.0246. The minimum absolute atomic E-state index is 0.0379. The summed E-state index contributed by atoms with van der Waals surface area (Å²) in [7, 11) is 0. The van der Waals surface area contributed by atoms with Crippen molar-refractivity contribution in [2.75, 3.05) is 13.2 Å². The molecule has 0 bridgehead atoms. The van der Waals surface area contributed by atoms with Gasteiger partial charge in [-0.25, -0.2) is 0 Å². The van der Waals surface area contributed by atoms with Crippen LogP contribution >= 0.6 is 0 Å². The average molecular weight is 828 g/mol. The van der Waals surface area contributed by atoms with Crippen molar-refractivity contribution < 1.29 is 24.5 Å². The van der Waals surface area contributed by atoms with E-state index in [4.69, 9.17) is 4.74 Å². The average Bonchev–Trinajstić information content (AvgIpc) is 3.24. The fourth-order valence-electron chi connectivity index (χ4n) is 7.43. The molecule has 0 aromatic carbocycles. The molecule has 344 valence electrons. The van der Waals surface area contributed by atoms with Crippen LogP contribution < -0.4 is 5.32 Å². The van der Waals surface area contributed by atoms with Crippen LogP contribution in [-0.2, 0) is 14.3 Å². The summed E-state index contributed by atoms with van der Waals surface area (Å²) in [5.41, 5.74) is 0. The minimum atomic E-state index is -0.679. The van der Waals surface area contributed by atoms with E-state index in [1.165, 1.54) is 128 Å². The predicted molar refractivity (Wildman–Crippen MR) is 255 cm³/mol. The first kappa shape index (κ1) is 56.8. The lowest BCUT2D eigenvalue weighted by atomic mass is 10.0. The second-order valence-electron chi connectivity index (χ2n) is 17.2. The van der Waals surface area contributed by atoms with Gasteiger partial charge in [-0.2, -0.15) is 0 Å². The van der Waals surface area contributed by atoms with Gasteiger partial charge in [0.1, 0.15) is 0 Å². The van der Waals surface area contributed by atoms with Gasteiger partial charge in [0.25, 0.3) is 0 Å². The Morgan fingerprint density at radius 2 is 0.932 bits per heavy atom. The predicted octanol–water partition coefficient (Wildman–Crippen LogP) is 15.1. The van der Waals surface area contributed by atoms with Crippen molar-refractivity contribution in [1.29, 1.82) is 0 Å². The number of aliphatic hydroxyl groups excluding tert-OH is 2. The fourth-order valence-corrected chi connectivity index (χ4v) is 7.43. The molecule has 6 heteroatoms. The Hall–Kier alpha value is -2.18. The first-order chi connectivity index (χ1) is 29.0. The number of ether oxygens (including phenoxy) is 1. The molecular weight excluding hydrogens is 731 g/mol. The lowest BCUT2D eigenvalue weighted by molar-refractivity contribution is -0.143. The van der Waals surface area contributed by atoms with Crippen molar-refractivity contribution in [3.05, 3.63) is 48.6 Å². The van der Waals surface area contributed by atoms with E-state index in [2.05, 4.69) is 67.8 Å². The molecule has 2 unspecified atom stereocenters. The van der Waals surface area contributed by atoms with Gasteiger partial charge >= 0.3 is 5.97 Å². The molecule has 0 fully saturated rings. The molecule has 0 aromatic rings. The Morgan fingerprint density at radius 3 is 1.46 bits per heavy atom. The highest BCUT2D eigenvalue weighted by Gasteiger charge is 2.20. The normalized spacial score (nSPS) is 13.1. The Kier molecular flexibility index (Phi) is 46.7. The van der Waals surface area contributed by atoms with Gasteiger partial charge < -0.3 is 20.3 Å². The van der Waals surface area contributed by atoms with Gasteiger partial charge in [-0.05, 0) is 83.5 Å². The molecule has 0 aromatic heterocycles. The molecule has 59 heavy (non-hydrogen) atoms. The number of hydrogen-bond acceptors (Lipinski definition) is 5. The molecule has 0 radical (unpaired) electrons. The maximum atomic E-state index is 12.4. The third kappa shape index (κ3) is 45.2. The van der Waals surface area contributed by atoms with Crippen molar-refractivity contribution >= 4 is 11.9 Å². The van der Waals surface area contributed by atoms with E-state index in [0.29, 0.717) is 25.9 Å². The topological polar surface area (TPSA) is 95.9 Å². The summed E-state index contributed by atoms with van der Waals surface area (Å²) in [5.74, 6) is -0.0972. The number of carbonyl (C=O) groups is 2. The Bertz CT molecular complexity index is 1000. The highest BCUT2D eigenvalue weighted by atomic mass is 16.5. The third-order valence-corrected chi connectivity index (χ3v) is 11.4. The van der Waals surface area contributed by atoms with E-state index in [1.54, 1.807) is 0 Å². The number of unbranched alkanes of at least 4 members (excludes halogenated alkanes) is 28. The number of allylic oxidation sites excluding steroid dienone is 8. The number of hydrogen-bond donors (Lipinski definition) is 3. The van der Waals surface area contributed by atoms with E-state index in [1.807, 2.05) is 0 Å². The number of amides is 1. The zero-order chi connectivity index (χ0) is 43.0. The molecule has 0 heterocycles. The first-order valence-corrected chi connectivity index (χ1v) is 25.4. The van der Waals surface area contributed by atoms with Crippen LogP contribution in [0.25, 0.3) is 0 Å². The van der Waals surface area contributed by atoms with Gasteiger partial charge in [-0.1, -0.05) is 204 Å². The highest BCUT2D eigenvalue weighted by Crippen LogP contribution is 2.15. The maximum Gasteiger partial charge on any atom is 0.305 e. The monoisotopic (exact) mass is 828 g/mol. The lowest BCUT2D eigenvalue weighted by Gasteiger charge is -2.22. The smallest absolute Gasteiger partial charge is 0.305 e. The molecule has 0 aliphatic heterocycles. The van der Waals surface area contributed by atoms with E-state index in [0.717, 1.165) is 89.9 Å². The fraction of sp³-hybridized carbons (Fsp3) is 0.811. The summed E-state index contributed by atoms with van der Waals surface area (Å²) in [4.78, 5) is 24.4. The molecule has 0 aliphatic rings. The molecule has 0 saturated heterocycles. The number of aliphatic hydroxyl groups is 2. The Balaban J connectivity index is 3.55. The summed E-state index contributed by atoms with van der Waals surface area (Å²) in [5, 5.41) is 23.2. The molecule has 0 aliphatic carbocycles. The zero-order valence-electron chi connectivity index (χ0n) is 39.0. The van der Waals surface area contributed by atoms with Gasteiger partial charge in [0.05, 0.1) is 25.4 Å². The van der Waals surface area contributed by atoms with E-state index >= 15 is 0 Å². The molecular formula is C53H97NO5. The van der Waals surface area contributed by atoms with E-state index < -0.39 is 12.1 Å². The van der Waals surface area contributed by atoms with Gasteiger partial charge in [0.2, 0.25) is 5.91 Å². The van der Waals surface area contributed by atoms with Crippen LogP contribution in [0.5, 0.6) is 0 Å². The molecule has 3 N–H and O–H groups in total. The molecule has 0 saturated carbocycles. The van der Waals surface area contributed by atoms with Crippen LogP contribution in [0.1, 0.15) is 251 Å². The first-order valence-electron chi connectivity index (χ1n) is 25.4. The third-order valence-electron chi connectivity index (χ3n) is 11.4. The van der Waals surface area contributed by atoms with Crippen LogP contribution in [0.3, 0.4) is 0 Å². The van der Waals surface area contributed by atoms with E-state index in [9.17, 15) is 19.8 Å². The summed E-state index contributed by atoms with van der Waals surface area (Å²) >= 11 is 0. The number of carbonyl (C=O) groups excluding carboxylic acids is 2. The van der Waals surface area contributed by atoms with Crippen molar-refractivity contribution in [2.24, 2.45) is 0 Å². The van der Waals surface area contributed by atoms with Crippen LogP contribution in [0.15, 0.2) is 48.6 Å². The molecule has 6 nitrogen and oxygen atoms in total. The summed E-state index contributed by atoms with van der Waals surface area (Å²) in [6.45, 7) is 4.81. The van der Waals surface area contributed by atoms with Crippen LogP contribution in [0.4, 0.5) is 0 Å². The Morgan fingerprint density at radius 1 is 0.492 bits per heavy atom. The lowest BCUT2D eigenvalue weighted by Crippen LogP contribution is -2.45. The van der Waals surface area contributed by atoms with Crippen molar-refractivity contribution in [3.63, 3.8) is 0 Å². The maximum absolute atomic E-state index is 12.4. The van der Waals surface area contributed by atoms with Crippen LogP contribution in [0, 0.1) is 0 Å². The van der Waals surface area contributed by atoms with Crippen molar-refractivity contribution in [1.82, 2.24) is 5.32 Å². The largest absolute Gasteiger partial charge is 0.466 e. The number of esters is 1. The van der Waals surface area contributed by atoms with Gasteiger partial charge in [0, 0.05) is 12.8 Å². The molecule has 1 amide bonds. The SMILES string of the molecule is CCC/C=C\C/C=C\CCCCCCCC(=O)OCCCCC/C=C\C=C/CCCCCCCCC(=O)NC(CO)C(O)CCCCCCCCCCCCCCCC. The second-order valence-corrected chi connectivity index (χ2v) is 17.2. The summed E-state index contributed by atoms with van der Waals surface area (Å²) < 4.78 is 5.42. The van der Waals surface area contributed by atoms with Gasteiger partial charge in [0.15, 0.2) is 0 Å². The number of rotatable bonds is 46. The van der Waals surface area contributed by atoms with Gasteiger partial charge in [-0.3, -0.25) is 9.59 Å². The number of nitrogens with one attached hydrogen (secondary N) is 1. The molecule has 0 rings (SSSR count). The molecule has 2 atom stereocenters. The minimum Gasteiger partial charge on any atom is -0.466 e. The van der Waals surface area contributed by atoms with Crippen molar-refractivity contribution in [2.45, 2.75) is 264 Å². The summed E-state index contributed by atoms with van der Waals surface area (Å²) in [6.07, 6.45) is 59.3. The zero-order valence-corrected chi connectivity index (χ0v) is 39.0.